The first-order valence-electron chi connectivity index (χ1n) is 5.66. The summed E-state index contributed by atoms with van der Waals surface area (Å²) in [7, 11) is 0. The molecule has 1 fully saturated rings. The topological polar surface area (TPSA) is 72.9 Å². The van der Waals surface area contributed by atoms with Crippen molar-refractivity contribution in [2.75, 3.05) is 12.3 Å². The minimum Gasteiger partial charge on any atom is -0.369 e. The van der Waals surface area contributed by atoms with Crippen LogP contribution in [0.5, 0.6) is 0 Å². The summed E-state index contributed by atoms with van der Waals surface area (Å²) in [5.74, 6) is 0.552. The number of carbonyl (C=O) groups is 1. The number of aromatic nitrogens is 2. The van der Waals surface area contributed by atoms with E-state index in [1.165, 1.54) is 0 Å². The third-order valence-electron chi connectivity index (χ3n) is 3.19. The molecule has 0 aliphatic carbocycles. The van der Waals surface area contributed by atoms with E-state index in [2.05, 4.69) is 16.4 Å². The quantitative estimate of drug-likeness (QED) is 0.767. The highest BCUT2D eigenvalue weighted by Crippen LogP contribution is 2.27. The van der Waals surface area contributed by atoms with Crippen molar-refractivity contribution in [3.8, 4) is 0 Å². The first-order valence-corrected chi connectivity index (χ1v) is 5.66. The normalized spacial score (nSPS) is 19.8. The van der Waals surface area contributed by atoms with Crippen molar-refractivity contribution in [3.63, 3.8) is 0 Å². The van der Waals surface area contributed by atoms with E-state index >= 15 is 0 Å². The van der Waals surface area contributed by atoms with Crippen LogP contribution in [0.1, 0.15) is 18.0 Å². The van der Waals surface area contributed by atoms with Gasteiger partial charge in [0.25, 0.3) is 0 Å². The summed E-state index contributed by atoms with van der Waals surface area (Å²) >= 11 is 0. The molecule has 0 saturated carbocycles. The third kappa shape index (κ3) is 1.54. The molecule has 3 rings (SSSR count). The highest BCUT2D eigenvalue weighted by Gasteiger charge is 2.26. The van der Waals surface area contributed by atoms with E-state index in [-0.39, 0.29) is 11.9 Å². The lowest BCUT2D eigenvalue weighted by atomic mass is 10.2. The lowest BCUT2D eigenvalue weighted by Gasteiger charge is -2.12. The van der Waals surface area contributed by atoms with Gasteiger partial charge in [-0.1, -0.05) is 6.07 Å². The number of hydrogen-bond donors (Lipinski definition) is 2. The van der Waals surface area contributed by atoms with Crippen LogP contribution in [-0.4, -0.2) is 22.0 Å². The van der Waals surface area contributed by atoms with Gasteiger partial charge in [0.2, 0.25) is 11.9 Å². The summed E-state index contributed by atoms with van der Waals surface area (Å²) in [5.41, 5.74) is 8.99. The first kappa shape index (κ1) is 10.1. The van der Waals surface area contributed by atoms with Crippen molar-refractivity contribution in [2.45, 2.75) is 19.4 Å². The number of aryl methyl sites for hydroxylation is 1. The highest BCUT2D eigenvalue weighted by atomic mass is 16.1. The maximum absolute atomic E-state index is 11.3. The van der Waals surface area contributed by atoms with E-state index in [0.29, 0.717) is 18.9 Å². The number of imidazole rings is 1. The molecule has 1 unspecified atom stereocenters. The molecule has 0 spiro atoms. The van der Waals surface area contributed by atoms with Crippen LogP contribution in [-0.2, 0) is 4.79 Å². The number of carbonyl (C=O) groups excluding carboxylic acids is 1. The van der Waals surface area contributed by atoms with Crippen LogP contribution in [0.15, 0.2) is 18.2 Å². The van der Waals surface area contributed by atoms with Crippen LogP contribution >= 0.6 is 0 Å². The Morgan fingerprint density at radius 2 is 2.35 bits per heavy atom. The molecular weight excluding hydrogens is 216 g/mol. The molecule has 1 amide bonds. The van der Waals surface area contributed by atoms with Crippen LogP contribution in [0.4, 0.5) is 5.95 Å². The third-order valence-corrected chi connectivity index (χ3v) is 3.19. The molecule has 0 radical (unpaired) electrons. The predicted octanol–water partition coefficient (Wildman–Crippen LogP) is 0.988. The predicted molar refractivity (Wildman–Crippen MR) is 65.5 cm³/mol. The van der Waals surface area contributed by atoms with Crippen LogP contribution in [0, 0.1) is 6.92 Å². The summed E-state index contributed by atoms with van der Waals surface area (Å²) < 4.78 is 1.96. The Kier molecular flexibility index (Phi) is 2.07. The van der Waals surface area contributed by atoms with E-state index in [0.717, 1.165) is 16.6 Å². The largest absolute Gasteiger partial charge is 0.369 e. The fourth-order valence-electron chi connectivity index (χ4n) is 2.38. The zero-order valence-corrected chi connectivity index (χ0v) is 9.60. The molecule has 17 heavy (non-hydrogen) atoms. The number of nitrogens with zero attached hydrogens (tertiary/aromatic N) is 2. The van der Waals surface area contributed by atoms with Gasteiger partial charge in [0.15, 0.2) is 0 Å². The number of amides is 1. The molecule has 5 nitrogen and oxygen atoms in total. The fourth-order valence-corrected chi connectivity index (χ4v) is 2.38. The van der Waals surface area contributed by atoms with Gasteiger partial charge in [-0.05, 0) is 24.6 Å². The first-order chi connectivity index (χ1) is 8.15. The van der Waals surface area contributed by atoms with Crippen LogP contribution < -0.4 is 11.1 Å². The average molecular weight is 230 g/mol. The molecule has 1 saturated heterocycles. The standard InChI is InChI=1S/C12H14N4O/c1-7-2-3-9-10(4-7)16(12(13)15-9)8-5-11(17)14-6-8/h2-4,8H,5-6H2,1H3,(H2,13,15)(H,14,17). The van der Waals surface area contributed by atoms with E-state index in [9.17, 15) is 4.79 Å². The summed E-state index contributed by atoms with van der Waals surface area (Å²) in [5, 5.41) is 2.82. The van der Waals surface area contributed by atoms with Gasteiger partial charge in [-0.3, -0.25) is 4.79 Å². The molecule has 1 aromatic carbocycles. The fraction of sp³-hybridized carbons (Fsp3) is 0.333. The summed E-state index contributed by atoms with van der Waals surface area (Å²) in [6.45, 7) is 2.66. The number of nitrogen functional groups attached to an aromatic ring is 1. The molecule has 88 valence electrons. The van der Waals surface area contributed by atoms with Gasteiger partial charge in [-0.2, -0.15) is 0 Å². The second-order valence-corrected chi connectivity index (χ2v) is 4.49. The van der Waals surface area contributed by atoms with Gasteiger partial charge in [0.05, 0.1) is 17.1 Å². The second kappa shape index (κ2) is 3.48. The van der Waals surface area contributed by atoms with Crippen molar-refractivity contribution in [2.24, 2.45) is 0 Å². The Balaban J connectivity index is 2.17. The maximum Gasteiger partial charge on any atom is 0.222 e. The molecule has 1 aliphatic heterocycles. The number of hydrogen-bond acceptors (Lipinski definition) is 3. The summed E-state index contributed by atoms with van der Waals surface area (Å²) in [4.78, 5) is 15.6. The Bertz CT molecular complexity index is 602. The second-order valence-electron chi connectivity index (χ2n) is 4.49. The van der Waals surface area contributed by atoms with Crippen molar-refractivity contribution in [1.29, 1.82) is 0 Å². The lowest BCUT2D eigenvalue weighted by molar-refractivity contribution is -0.119. The summed E-state index contributed by atoms with van der Waals surface area (Å²) in [6.07, 6.45) is 0.476. The number of anilines is 1. The lowest BCUT2D eigenvalue weighted by Crippen LogP contribution is -2.16. The minimum atomic E-state index is 0.0731. The zero-order valence-electron chi connectivity index (χ0n) is 9.60. The van der Waals surface area contributed by atoms with Crippen LogP contribution in [0.25, 0.3) is 11.0 Å². The van der Waals surface area contributed by atoms with Gasteiger partial charge in [-0.25, -0.2) is 4.98 Å². The number of nitrogens with one attached hydrogen (secondary N) is 1. The molecule has 2 heterocycles. The van der Waals surface area contributed by atoms with E-state index in [4.69, 9.17) is 5.73 Å². The van der Waals surface area contributed by atoms with E-state index in [1.807, 2.05) is 23.6 Å². The van der Waals surface area contributed by atoms with Gasteiger partial charge in [0.1, 0.15) is 0 Å². The Labute approximate surface area is 98.6 Å². The van der Waals surface area contributed by atoms with E-state index in [1.54, 1.807) is 0 Å². The number of nitrogens with two attached hydrogens (primary N) is 1. The van der Waals surface area contributed by atoms with Crippen molar-refractivity contribution < 1.29 is 4.79 Å². The van der Waals surface area contributed by atoms with E-state index < -0.39 is 0 Å². The Morgan fingerprint density at radius 1 is 1.53 bits per heavy atom. The van der Waals surface area contributed by atoms with Gasteiger partial charge < -0.3 is 15.6 Å². The van der Waals surface area contributed by atoms with Gasteiger partial charge in [0, 0.05) is 13.0 Å². The van der Waals surface area contributed by atoms with Gasteiger partial charge in [-0.15, -0.1) is 0 Å². The summed E-state index contributed by atoms with van der Waals surface area (Å²) in [6, 6.07) is 6.11. The van der Waals surface area contributed by atoms with Crippen molar-refractivity contribution in [3.05, 3.63) is 23.8 Å². The molecule has 2 aromatic rings. The Morgan fingerprint density at radius 3 is 3.06 bits per heavy atom. The number of rotatable bonds is 1. The highest BCUT2D eigenvalue weighted by molar-refractivity contribution is 5.82. The molecule has 5 heteroatoms. The minimum absolute atomic E-state index is 0.0731. The number of benzene rings is 1. The molecule has 0 bridgehead atoms. The maximum atomic E-state index is 11.3. The molecule has 1 aromatic heterocycles. The monoisotopic (exact) mass is 230 g/mol. The zero-order chi connectivity index (χ0) is 12.0. The van der Waals surface area contributed by atoms with Crippen LogP contribution in [0.3, 0.4) is 0 Å². The van der Waals surface area contributed by atoms with Crippen LogP contribution in [0.2, 0.25) is 0 Å². The SMILES string of the molecule is Cc1ccc2nc(N)n(C3CNC(=O)C3)c2c1. The number of fused-ring (bicyclic) bond motifs is 1. The van der Waals surface area contributed by atoms with Crippen molar-refractivity contribution >= 4 is 22.9 Å². The molecular formula is C12H14N4O. The molecule has 1 aliphatic rings. The average Bonchev–Trinajstić information content (AvgIpc) is 2.81. The smallest absolute Gasteiger partial charge is 0.222 e. The molecule has 3 N–H and O–H groups in total. The van der Waals surface area contributed by atoms with Gasteiger partial charge >= 0.3 is 0 Å². The molecule has 1 atom stereocenters. The Hall–Kier alpha value is -2.04. The van der Waals surface area contributed by atoms with Crippen molar-refractivity contribution in [1.82, 2.24) is 14.9 Å².